The summed E-state index contributed by atoms with van der Waals surface area (Å²) < 4.78 is 5.13. The maximum absolute atomic E-state index is 11.6. The molecule has 1 aromatic rings. The van der Waals surface area contributed by atoms with E-state index in [1.165, 1.54) is 0 Å². The van der Waals surface area contributed by atoms with Gasteiger partial charge in [0, 0.05) is 6.54 Å². The van der Waals surface area contributed by atoms with E-state index in [0.29, 0.717) is 19.6 Å². The summed E-state index contributed by atoms with van der Waals surface area (Å²) in [7, 11) is 0. The van der Waals surface area contributed by atoms with Crippen molar-refractivity contribution in [3.05, 3.63) is 35.9 Å². The van der Waals surface area contributed by atoms with Crippen LogP contribution < -0.4 is 10.8 Å². The number of amides is 1. The molecule has 2 N–H and O–H groups in total. The fourth-order valence-corrected chi connectivity index (χ4v) is 1.98. The summed E-state index contributed by atoms with van der Waals surface area (Å²) in [4.78, 5) is 28.0. The van der Waals surface area contributed by atoms with E-state index in [0.717, 1.165) is 24.7 Å². The minimum absolute atomic E-state index is 0.512. The molecule has 1 amide bonds. The van der Waals surface area contributed by atoms with Gasteiger partial charge in [-0.15, -0.1) is 0 Å². The first kappa shape index (κ1) is 20.1. The van der Waals surface area contributed by atoms with Crippen molar-refractivity contribution in [2.24, 2.45) is 0 Å². The molecule has 1 aromatic carbocycles. The van der Waals surface area contributed by atoms with Crippen LogP contribution in [0.5, 0.6) is 0 Å². The maximum Gasteiger partial charge on any atom is 0.408 e. The van der Waals surface area contributed by atoms with Crippen LogP contribution in [0.3, 0.4) is 0 Å². The maximum atomic E-state index is 11.6. The minimum Gasteiger partial charge on any atom is -0.444 e. The molecular formula is C18H28N2O4. The number of hydrogen-bond donors (Lipinski definition) is 2. The molecule has 6 nitrogen and oxygen atoms in total. The van der Waals surface area contributed by atoms with E-state index in [9.17, 15) is 9.59 Å². The Hall–Kier alpha value is -1.92. The quantitative estimate of drug-likeness (QED) is 0.390. The number of carbonyl (C=O) groups is 2. The number of hydroxylamine groups is 1. The molecule has 0 fully saturated rings. The Morgan fingerprint density at radius 3 is 2.54 bits per heavy atom. The molecule has 0 aliphatic heterocycles. The fourth-order valence-electron chi connectivity index (χ4n) is 1.98. The molecule has 0 aliphatic rings. The third kappa shape index (κ3) is 9.97. The molecule has 24 heavy (non-hydrogen) atoms. The summed E-state index contributed by atoms with van der Waals surface area (Å²) in [6.45, 7) is 6.54. The van der Waals surface area contributed by atoms with Crippen LogP contribution in [0.4, 0.5) is 4.79 Å². The second kappa shape index (κ2) is 10.8. The average Bonchev–Trinajstić information content (AvgIpc) is 2.52. The highest BCUT2D eigenvalue weighted by Gasteiger charge is 2.18. The Bertz CT molecular complexity index is 486. The van der Waals surface area contributed by atoms with Crippen LogP contribution in [0.2, 0.25) is 0 Å². The number of nitrogens with one attached hydrogen (secondary N) is 2. The van der Waals surface area contributed by atoms with Gasteiger partial charge in [0.2, 0.25) is 0 Å². The highest BCUT2D eigenvalue weighted by molar-refractivity contribution is 5.73. The number of benzene rings is 1. The fraction of sp³-hybridized carbons (Fsp3) is 0.556. The lowest BCUT2D eigenvalue weighted by Gasteiger charge is -2.21. The number of rotatable bonds is 10. The lowest BCUT2D eigenvalue weighted by atomic mass is 10.1. The lowest BCUT2D eigenvalue weighted by molar-refractivity contribution is -0.109. The first-order valence-corrected chi connectivity index (χ1v) is 8.24. The van der Waals surface area contributed by atoms with Crippen molar-refractivity contribution >= 4 is 12.4 Å². The standard InChI is InChI=1S/C18H28N2O4/c1-18(2,3)24-17(22)20-16(13-21)11-7-8-12-19-23-14-15-9-5-4-6-10-15/h4-6,9-10,13,16,19H,7-8,11-12,14H2,1-3H3,(H,20,22). The number of aldehydes is 1. The minimum atomic E-state index is -0.572. The molecule has 6 heteroatoms. The first-order chi connectivity index (χ1) is 11.4. The summed E-state index contributed by atoms with van der Waals surface area (Å²) in [5.41, 5.74) is 3.43. The zero-order valence-corrected chi connectivity index (χ0v) is 14.7. The van der Waals surface area contributed by atoms with E-state index in [-0.39, 0.29) is 0 Å². The highest BCUT2D eigenvalue weighted by Crippen LogP contribution is 2.07. The van der Waals surface area contributed by atoms with Crippen LogP contribution in [-0.4, -0.2) is 30.6 Å². The van der Waals surface area contributed by atoms with Crippen molar-refractivity contribution in [2.45, 2.75) is 58.3 Å². The van der Waals surface area contributed by atoms with Crippen molar-refractivity contribution in [3.8, 4) is 0 Å². The Labute approximate surface area is 143 Å². The molecule has 0 aromatic heterocycles. The molecule has 0 bridgehead atoms. The first-order valence-electron chi connectivity index (χ1n) is 8.24. The monoisotopic (exact) mass is 336 g/mol. The third-order valence-electron chi connectivity index (χ3n) is 3.09. The van der Waals surface area contributed by atoms with E-state index in [4.69, 9.17) is 9.57 Å². The van der Waals surface area contributed by atoms with Crippen LogP contribution >= 0.6 is 0 Å². The molecule has 0 spiro atoms. The molecule has 1 atom stereocenters. The summed E-state index contributed by atoms with van der Waals surface area (Å²) in [5, 5.41) is 2.57. The number of alkyl carbamates (subject to hydrolysis) is 1. The largest absolute Gasteiger partial charge is 0.444 e. The van der Waals surface area contributed by atoms with Gasteiger partial charge in [-0.05, 0) is 45.6 Å². The zero-order chi connectivity index (χ0) is 17.8. The highest BCUT2D eigenvalue weighted by atomic mass is 16.6. The summed E-state index contributed by atoms with van der Waals surface area (Å²) in [6.07, 6.45) is 2.38. The zero-order valence-electron chi connectivity index (χ0n) is 14.7. The van der Waals surface area contributed by atoms with Gasteiger partial charge in [-0.3, -0.25) is 4.84 Å². The van der Waals surface area contributed by atoms with Gasteiger partial charge in [0.1, 0.15) is 11.9 Å². The number of carbonyl (C=O) groups excluding carboxylic acids is 2. The van der Waals surface area contributed by atoms with E-state index < -0.39 is 17.7 Å². The predicted molar refractivity (Wildman–Crippen MR) is 92.3 cm³/mol. The van der Waals surface area contributed by atoms with E-state index in [2.05, 4.69) is 10.8 Å². The SMILES string of the molecule is CC(C)(C)OC(=O)NC(C=O)CCCCNOCc1ccccc1. The van der Waals surface area contributed by atoms with Gasteiger partial charge in [-0.2, -0.15) is 0 Å². The van der Waals surface area contributed by atoms with Crippen molar-refractivity contribution in [2.75, 3.05) is 6.54 Å². The average molecular weight is 336 g/mol. The van der Waals surface area contributed by atoms with Gasteiger partial charge < -0.3 is 14.8 Å². The second-order valence-corrected chi connectivity index (χ2v) is 6.55. The molecule has 0 saturated heterocycles. The Morgan fingerprint density at radius 2 is 1.92 bits per heavy atom. The van der Waals surface area contributed by atoms with Crippen LogP contribution in [0.1, 0.15) is 45.6 Å². The smallest absolute Gasteiger partial charge is 0.408 e. The van der Waals surface area contributed by atoms with Crippen molar-refractivity contribution in [1.29, 1.82) is 0 Å². The Morgan fingerprint density at radius 1 is 1.21 bits per heavy atom. The van der Waals surface area contributed by atoms with Gasteiger partial charge in [0.25, 0.3) is 0 Å². The van der Waals surface area contributed by atoms with Gasteiger partial charge in [0.05, 0.1) is 12.6 Å². The van der Waals surface area contributed by atoms with E-state index in [1.807, 2.05) is 30.3 Å². The number of unbranched alkanes of at least 4 members (excludes halogenated alkanes) is 1. The van der Waals surface area contributed by atoms with Crippen LogP contribution in [0, 0.1) is 0 Å². The summed E-state index contributed by atoms with van der Waals surface area (Å²) in [5.74, 6) is 0. The molecular weight excluding hydrogens is 308 g/mol. The molecule has 0 radical (unpaired) electrons. The van der Waals surface area contributed by atoms with Crippen molar-refractivity contribution in [3.63, 3.8) is 0 Å². The molecule has 0 heterocycles. The summed E-state index contributed by atoms with van der Waals surface area (Å²) in [6, 6.07) is 9.37. The van der Waals surface area contributed by atoms with Crippen LogP contribution in [0.15, 0.2) is 30.3 Å². The van der Waals surface area contributed by atoms with Gasteiger partial charge in [-0.25, -0.2) is 10.3 Å². The predicted octanol–water partition coefficient (Wildman–Crippen LogP) is 2.97. The normalized spacial score (nSPS) is 12.5. The van der Waals surface area contributed by atoms with E-state index >= 15 is 0 Å². The number of hydrogen-bond acceptors (Lipinski definition) is 5. The Balaban J connectivity index is 2.08. The molecule has 134 valence electrons. The molecule has 0 aliphatic carbocycles. The van der Waals surface area contributed by atoms with Crippen LogP contribution in [-0.2, 0) is 21.0 Å². The van der Waals surface area contributed by atoms with Gasteiger partial charge in [-0.1, -0.05) is 30.3 Å². The topological polar surface area (TPSA) is 76.7 Å². The van der Waals surface area contributed by atoms with E-state index in [1.54, 1.807) is 20.8 Å². The number of ether oxygens (including phenoxy) is 1. The molecule has 1 rings (SSSR count). The van der Waals surface area contributed by atoms with Gasteiger partial charge >= 0.3 is 6.09 Å². The Kier molecular flexibility index (Phi) is 9.04. The molecule has 1 unspecified atom stereocenters. The summed E-state index contributed by atoms with van der Waals surface area (Å²) >= 11 is 0. The van der Waals surface area contributed by atoms with Crippen LogP contribution in [0.25, 0.3) is 0 Å². The van der Waals surface area contributed by atoms with Crippen molar-refractivity contribution < 1.29 is 19.2 Å². The van der Waals surface area contributed by atoms with Gasteiger partial charge in [0.15, 0.2) is 0 Å². The second-order valence-electron chi connectivity index (χ2n) is 6.55. The third-order valence-corrected chi connectivity index (χ3v) is 3.09. The molecule has 0 saturated carbocycles. The van der Waals surface area contributed by atoms with Crippen molar-refractivity contribution in [1.82, 2.24) is 10.8 Å². The lowest BCUT2D eigenvalue weighted by Crippen LogP contribution is -2.40.